The number of carbonyl (C=O) groups is 2. The van der Waals surface area contributed by atoms with Gasteiger partial charge in [-0.3, -0.25) is 4.90 Å². The topological polar surface area (TPSA) is 76.1 Å². The quantitative estimate of drug-likeness (QED) is 0.554. The molecule has 1 aliphatic heterocycles. The van der Waals surface area contributed by atoms with Gasteiger partial charge in [0.15, 0.2) is 0 Å². The molecule has 34 heavy (non-hydrogen) atoms. The average molecular weight is 464 g/mol. The smallest absolute Gasteiger partial charge is 0.410 e. The molecule has 1 N–H and O–H groups in total. The summed E-state index contributed by atoms with van der Waals surface area (Å²) in [6, 6.07) is 11.4. The van der Waals surface area contributed by atoms with Gasteiger partial charge in [0, 0.05) is 12.1 Å². The number of nitrogens with zero attached hydrogens (tertiary/aromatic N) is 1. The van der Waals surface area contributed by atoms with Crippen LogP contribution in [-0.4, -0.2) is 48.4 Å². The monoisotopic (exact) mass is 463 g/mol. The minimum Gasteiger partial charge on any atom is -0.496 e. The Morgan fingerprint density at radius 1 is 1.21 bits per heavy atom. The lowest BCUT2D eigenvalue weighted by molar-refractivity contribution is 0.0696. The second kappa shape index (κ2) is 9.16. The fourth-order valence-electron chi connectivity index (χ4n) is 5.09. The van der Waals surface area contributed by atoms with Crippen molar-refractivity contribution in [3.05, 3.63) is 58.7 Å². The lowest BCUT2D eigenvalue weighted by Crippen LogP contribution is -2.35. The molecule has 1 heterocycles. The van der Waals surface area contributed by atoms with Crippen LogP contribution in [0.15, 0.2) is 42.0 Å². The summed E-state index contributed by atoms with van der Waals surface area (Å²) in [5.74, 6) is -0.132. The van der Waals surface area contributed by atoms with Crippen molar-refractivity contribution in [3.63, 3.8) is 0 Å². The van der Waals surface area contributed by atoms with Gasteiger partial charge in [0.2, 0.25) is 0 Å². The van der Waals surface area contributed by atoms with Gasteiger partial charge in [-0.2, -0.15) is 0 Å². The van der Waals surface area contributed by atoms with Crippen LogP contribution in [0.25, 0.3) is 16.7 Å². The van der Waals surface area contributed by atoms with Crippen LogP contribution in [0.1, 0.15) is 61.5 Å². The lowest BCUT2D eigenvalue weighted by Gasteiger charge is -2.35. The highest BCUT2D eigenvalue weighted by atomic mass is 16.6. The number of carboxylic acids is 1. The van der Waals surface area contributed by atoms with Crippen molar-refractivity contribution in [1.29, 1.82) is 0 Å². The van der Waals surface area contributed by atoms with Crippen molar-refractivity contribution < 1.29 is 24.2 Å². The molecule has 2 aromatic carbocycles. The zero-order valence-electron chi connectivity index (χ0n) is 20.6. The molecule has 0 aromatic heterocycles. The van der Waals surface area contributed by atoms with Crippen LogP contribution in [0.5, 0.6) is 5.75 Å². The van der Waals surface area contributed by atoms with Crippen molar-refractivity contribution in [3.8, 4) is 16.9 Å². The molecule has 1 aliphatic carbocycles. The van der Waals surface area contributed by atoms with E-state index in [0.717, 1.165) is 47.3 Å². The summed E-state index contributed by atoms with van der Waals surface area (Å²) in [7, 11) is 1.68. The van der Waals surface area contributed by atoms with Crippen molar-refractivity contribution in [1.82, 2.24) is 4.90 Å². The number of ether oxygens (including phenoxy) is 2. The number of hydrogen-bond donors (Lipinski definition) is 1. The molecule has 2 aromatic rings. The van der Waals surface area contributed by atoms with E-state index in [4.69, 9.17) is 9.47 Å². The minimum absolute atomic E-state index is 0.0509. The summed E-state index contributed by atoms with van der Waals surface area (Å²) >= 11 is 0. The van der Waals surface area contributed by atoms with Crippen LogP contribution in [0.4, 0.5) is 4.79 Å². The highest BCUT2D eigenvalue weighted by Gasteiger charge is 2.34. The summed E-state index contributed by atoms with van der Waals surface area (Å²) in [6.07, 6.45) is 2.60. The summed E-state index contributed by atoms with van der Waals surface area (Å²) < 4.78 is 11.0. The maximum atomic E-state index is 12.4. The van der Waals surface area contributed by atoms with Crippen LogP contribution < -0.4 is 4.74 Å². The average Bonchev–Trinajstić information content (AvgIpc) is 3.10. The van der Waals surface area contributed by atoms with E-state index >= 15 is 0 Å². The Bertz CT molecular complexity index is 1160. The first-order valence-corrected chi connectivity index (χ1v) is 11.8. The van der Waals surface area contributed by atoms with Gasteiger partial charge in [0.05, 0.1) is 18.7 Å². The Hall–Kier alpha value is -3.28. The molecule has 0 unspecified atom stereocenters. The molecule has 1 saturated heterocycles. The molecule has 0 bridgehead atoms. The number of aryl methyl sites for hydroxylation is 1. The number of amides is 1. The molecule has 1 fully saturated rings. The molecule has 4 rings (SSSR count). The third kappa shape index (κ3) is 4.67. The molecule has 6 heteroatoms. The van der Waals surface area contributed by atoms with E-state index in [1.807, 2.05) is 36.9 Å². The SMILES string of the molecule is COc1ccc(-c2ccc(C(=O)O)cc2C)cc1C1=C(CN2C(=O)OC[C@@H]2C)CC(C)(C)CC1. The number of hydrogen-bond acceptors (Lipinski definition) is 4. The Morgan fingerprint density at radius 2 is 1.97 bits per heavy atom. The first-order valence-electron chi connectivity index (χ1n) is 11.8. The van der Waals surface area contributed by atoms with Crippen molar-refractivity contribution >= 4 is 17.6 Å². The molecule has 2 aliphatic rings. The maximum absolute atomic E-state index is 12.4. The number of carboxylic acid groups (broad SMARTS) is 1. The van der Waals surface area contributed by atoms with Gasteiger partial charge in [0.1, 0.15) is 12.4 Å². The third-order valence-electron chi connectivity index (χ3n) is 7.06. The Balaban J connectivity index is 1.81. The fraction of sp³-hybridized carbons (Fsp3) is 0.429. The molecular weight excluding hydrogens is 430 g/mol. The van der Waals surface area contributed by atoms with Crippen LogP contribution in [0.2, 0.25) is 0 Å². The van der Waals surface area contributed by atoms with Gasteiger partial charge in [-0.1, -0.05) is 26.0 Å². The first kappa shape index (κ1) is 23.9. The van der Waals surface area contributed by atoms with Gasteiger partial charge in [-0.05, 0) is 90.6 Å². The molecule has 0 radical (unpaired) electrons. The van der Waals surface area contributed by atoms with E-state index in [1.165, 1.54) is 11.1 Å². The third-order valence-corrected chi connectivity index (χ3v) is 7.06. The number of benzene rings is 2. The second-order valence-electron chi connectivity index (χ2n) is 10.2. The first-order chi connectivity index (χ1) is 16.1. The normalized spacial score (nSPS) is 19.9. The molecule has 1 amide bonds. The summed E-state index contributed by atoms with van der Waals surface area (Å²) in [4.78, 5) is 25.5. The number of allylic oxidation sites excluding steroid dienone is 1. The molecule has 1 atom stereocenters. The van der Waals surface area contributed by atoms with E-state index in [2.05, 4.69) is 19.9 Å². The number of cyclic esters (lactones) is 1. The highest BCUT2D eigenvalue weighted by Crippen LogP contribution is 2.46. The van der Waals surface area contributed by atoms with Gasteiger partial charge in [-0.25, -0.2) is 9.59 Å². The van der Waals surface area contributed by atoms with Gasteiger partial charge in [-0.15, -0.1) is 0 Å². The van der Waals surface area contributed by atoms with E-state index in [-0.39, 0.29) is 23.1 Å². The number of methoxy groups -OCH3 is 1. The van der Waals surface area contributed by atoms with E-state index in [1.54, 1.807) is 19.2 Å². The molecule has 0 saturated carbocycles. The predicted octanol–water partition coefficient (Wildman–Crippen LogP) is 6.17. The molecule has 180 valence electrons. The maximum Gasteiger partial charge on any atom is 0.410 e. The summed E-state index contributed by atoms with van der Waals surface area (Å²) in [6.45, 7) is 9.48. The Morgan fingerprint density at radius 3 is 2.59 bits per heavy atom. The van der Waals surface area contributed by atoms with Gasteiger partial charge >= 0.3 is 12.1 Å². The number of aromatic carboxylic acids is 1. The van der Waals surface area contributed by atoms with Crippen molar-refractivity contribution in [2.24, 2.45) is 5.41 Å². The lowest BCUT2D eigenvalue weighted by atomic mass is 9.72. The van der Waals surface area contributed by atoms with Gasteiger partial charge in [0.25, 0.3) is 0 Å². The van der Waals surface area contributed by atoms with Crippen LogP contribution in [0.3, 0.4) is 0 Å². The van der Waals surface area contributed by atoms with Crippen LogP contribution in [-0.2, 0) is 4.74 Å². The van der Waals surface area contributed by atoms with Crippen molar-refractivity contribution in [2.75, 3.05) is 20.3 Å². The largest absolute Gasteiger partial charge is 0.496 e. The van der Waals surface area contributed by atoms with E-state index < -0.39 is 5.97 Å². The van der Waals surface area contributed by atoms with Gasteiger partial charge < -0.3 is 14.6 Å². The molecule has 0 spiro atoms. The summed E-state index contributed by atoms with van der Waals surface area (Å²) in [5.41, 5.74) is 6.84. The fourth-order valence-corrected chi connectivity index (χ4v) is 5.09. The Labute approximate surface area is 201 Å². The second-order valence-corrected chi connectivity index (χ2v) is 10.2. The standard InChI is InChI=1S/C28H33NO5/c1-17-12-20(26(30)31)6-8-22(17)19-7-9-25(33-5)24(13-19)23-10-11-28(3,4)14-21(23)15-29-18(2)16-34-27(29)32/h6-9,12-13,18H,10-11,14-16H2,1-5H3,(H,30,31)/t18-/m0/s1. The number of carbonyl (C=O) groups excluding carboxylic acids is 1. The molecule has 6 nitrogen and oxygen atoms in total. The highest BCUT2D eigenvalue weighted by molar-refractivity contribution is 5.89. The number of rotatable bonds is 6. The minimum atomic E-state index is -0.931. The Kier molecular flexibility index (Phi) is 6.43. The van der Waals surface area contributed by atoms with E-state index in [9.17, 15) is 14.7 Å². The van der Waals surface area contributed by atoms with Crippen molar-refractivity contribution in [2.45, 2.75) is 53.0 Å². The zero-order valence-corrected chi connectivity index (χ0v) is 20.6. The predicted molar refractivity (Wildman–Crippen MR) is 132 cm³/mol. The zero-order chi connectivity index (χ0) is 24.6. The summed E-state index contributed by atoms with van der Waals surface area (Å²) in [5, 5.41) is 9.32. The van der Waals surface area contributed by atoms with Crippen LogP contribution >= 0.6 is 0 Å². The van der Waals surface area contributed by atoms with E-state index in [0.29, 0.717) is 13.2 Å². The molecular formula is C28H33NO5. The van der Waals surface area contributed by atoms with Crippen LogP contribution in [0, 0.1) is 12.3 Å².